The van der Waals surface area contributed by atoms with E-state index in [0.717, 1.165) is 17.5 Å². The van der Waals surface area contributed by atoms with Crippen molar-refractivity contribution in [1.29, 1.82) is 0 Å². The smallest absolute Gasteiger partial charge is 0.315 e. The van der Waals surface area contributed by atoms with Gasteiger partial charge in [-0.05, 0) is 29.2 Å². The summed E-state index contributed by atoms with van der Waals surface area (Å²) in [6.07, 6.45) is 2.39. The number of nitrogens with one attached hydrogen (secondary N) is 2. The maximum absolute atomic E-state index is 12.5. The molecule has 0 aliphatic rings. The summed E-state index contributed by atoms with van der Waals surface area (Å²) in [6.45, 7) is 0.400. The van der Waals surface area contributed by atoms with Crippen molar-refractivity contribution in [2.45, 2.75) is 19.0 Å². The Bertz CT molecular complexity index is 854. The van der Waals surface area contributed by atoms with E-state index in [1.165, 1.54) is 5.56 Å². The van der Waals surface area contributed by atoms with Crippen LogP contribution in [0, 0.1) is 0 Å². The van der Waals surface area contributed by atoms with Gasteiger partial charge in [-0.15, -0.1) is 0 Å². The van der Waals surface area contributed by atoms with Crippen molar-refractivity contribution in [3.8, 4) is 5.88 Å². The average Bonchev–Trinajstić information content (AvgIpc) is 2.73. The van der Waals surface area contributed by atoms with E-state index < -0.39 is 0 Å². The van der Waals surface area contributed by atoms with Gasteiger partial charge in [-0.3, -0.25) is 0 Å². The molecule has 5 nitrogen and oxygen atoms in total. The molecule has 0 saturated heterocycles. The van der Waals surface area contributed by atoms with Gasteiger partial charge >= 0.3 is 6.03 Å². The van der Waals surface area contributed by atoms with Gasteiger partial charge in [-0.2, -0.15) is 0 Å². The lowest BCUT2D eigenvalue weighted by molar-refractivity contribution is 0.236. The quantitative estimate of drug-likeness (QED) is 0.671. The van der Waals surface area contributed by atoms with Crippen LogP contribution >= 0.6 is 0 Å². The van der Waals surface area contributed by atoms with Crippen LogP contribution in [0.3, 0.4) is 0 Å². The summed E-state index contributed by atoms with van der Waals surface area (Å²) in [5.41, 5.74) is 3.17. The normalized spacial score (nSPS) is 11.4. The first kappa shape index (κ1) is 18.5. The Kier molecular flexibility index (Phi) is 6.41. The molecule has 0 saturated carbocycles. The van der Waals surface area contributed by atoms with Crippen molar-refractivity contribution in [1.82, 2.24) is 15.6 Å². The number of carbonyl (C=O) groups is 1. The summed E-state index contributed by atoms with van der Waals surface area (Å²) in [6, 6.07) is 23.5. The highest BCUT2D eigenvalue weighted by Gasteiger charge is 2.15. The van der Waals surface area contributed by atoms with E-state index in [-0.39, 0.29) is 12.1 Å². The molecular formula is C22H23N3O2. The SMILES string of the molecule is COc1cc(CNC(=O)NC(Cc2ccccc2)c2ccccc2)ccn1. The minimum Gasteiger partial charge on any atom is -0.481 e. The van der Waals surface area contributed by atoms with Crippen LogP contribution < -0.4 is 15.4 Å². The fourth-order valence-electron chi connectivity index (χ4n) is 2.85. The number of methoxy groups -OCH3 is 1. The first-order chi connectivity index (χ1) is 13.2. The molecule has 1 aromatic heterocycles. The maximum Gasteiger partial charge on any atom is 0.315 e. The van der Waals surface area contributed by atoms with E-state index in [1.807, 2.05) is 54.6 Å². The molecule has 1 heterocycles. The summed E-state index contributed by atoms with van der Waals surface area (Å²) >= 11 is 0. The van der Waals surface area contributed by atoms with Gasteiger partial charge in [0, 0.05) is 18.8 Å². The second kappa shape index (κ2) is 9.38. The number of ether oxygens (including phenoxy) is 1. The number of benzene rings is 2. The molecular weight excluding hydrogens is 338 g/mol. The van der Waals surface area contributed by atoms with Crippen LogP contribution in [0.4, 0.5) is 4.79 Å². The van der Waals surface area contributed by atoms with E-state index in [1.54, 1.807) is 19.4 Å². The molecule has 0 aliphatic carbocycles. The van der Waals surface area contributed by atoms with Crippen LogP contribution in [-0.2, 0) is 13.0 Å². The zero-order valence-corrected chi connectivity index (χ0v) is 15.3. The number of hydrogen-bond donors (Lipinski definition) is 2. The number of amides is 2. The van der Waals surface area contributed by atoms with Crippen LogP contribution in [-0.4, -0.2) is 18.1 Å². The monoisotopic (exact) mass is 361 g/mol. The van der Waals surface area contributed by atoms with Gasteiger partial charge in [-0.1, -0.05) is 60.7 Å². The molecule has 27 heavy (non-hydrogen) atoms. The van der Waals surface area contributed by atoms with Crippen LogP contribution in [0.5, 0.6) is 5.88 Å². The minimum atomic E-state index is -0.212. The lowest BCUT2D eigenvalue weighted by Gasteiger charge is -2.20. The molecule has 3 rings (SSSR count). The van der Waals surface area contributed by atoms with Crippen molar-refractivity contribution in [3.05, 3.63) is 95.7 Å². The van der Waals surface area contributed by atoms with Crippen molar-refractivity contribution < 1.29 is 9.53 Å². The third kappa shape index (κ3) is 5.57. The summed E-state index contributed by atoms with van der Waals surface area (Å²) in [4.78, 5) is 16.5. The Balaban J connectivity index is 1.65. The van der Waals surface area contributed by atoms with Crippen molar-refractivity contribution in [3.63, 3.8) is 0 Å². The molecule has 2 amide bonds. The van der Waals surface area contributed by atoms with Gasteiger partial charge in [0.2, 0.25) is 5.88 Å². The molecule has 1 atom stereocenters. The number of aromatic nitrogens is 1. The summed E-state index contributed by atoms with van der Waals surface area (Å²) in [7, 11) is 1.57. The van der Waals surface area contributed by atoms with E-state index >= 15 is 0 Å². The van der Waals surface area contributed by atoms with Crippen molar-refractivity contribution in [2.24, 2.45) is 0 Å². The molecule has 0 aliphatic heterocycles. The highest BCUT2D eigenvalue weighted by Crippen LogP contribution is 2.18. The fraction of sp³-hybridized carbons (Fsp3) is 0.182. The van der Waals surface area contributed by atoms with Gasteiger partial charge in [0.05, 0.1) is 13.2 Å². The molecule has 1 unspecified atom stereocenters. The highest BCUT2D eigenvalue weighted by atomic mass is 16.5. The van der Waals surface area contributed by atoms with E-state index in [4.69, 9.17) is 4.74 Å². The Labute approximate surface area is 159 Å². The average molecular weight is 361 g/mol. The zero-order valence-electron chi connectivity index (χ0n) is 15.3. The van der Waals surface area contributed by atoms with Crippen molar-refractivity contribution in [2.75, 3.05) is 7.11 Å². The van der Waals surface area contributed by atoms with Gasteiger partial charge in [0.25, 0.3) is 0 Å². The Morgan fingerprint density at radius 2 is 1.70 bits per heavy atom. The second-order valence-corrected chi connectivity index (χ2v) is 6.19. The standard InChI is InChI=1S/C22H23N3O2/c1-27-21-15-18(12-13-23-21)16-24-22(26)25-20(19-10-6-3-7-11-19)14-17-8-4-2-5-9-17/h2-13,15,20H,14,16H2,1H3,(H2,24,25,26). The number of nitrogens with zero attached hydrogens (tertiary/aromatic N) is 1. The molecule has 0 spiro atoms. The van der Waals surface area contributed by atoms with Crippen LogP contribution in [0.2, 0.25) is 0 Å². The molecule has 3 aromatic rings. The maximum atomic E-state index is 12.5. The van der Waals surface area contributed by atoms with Crippen LogP contribution in [0.15, 0.2) is 79.0 Å². The number of hydrogen-bond acceptors (Lipinski definition) is 3. The summed E-state index contributed by atoms with van der Waals surface area (Å²) in [5.74, 6) is 0.529. The van der Waals surface area contributed by atoms with Crippen molar-refractivity contribution >= 4 is 6.03 Å². The topological polar surface area (TPSA) is 63.2 Å². The zero-order chi connectivity index (χ0) is 18.9. The summed E-state index contributed by atoms with van der Waals surface area (Å²) in [5, 5.41) is 5.99. The first-order valence-electron chi connectivity index (χ1n) is 8.87. The van der Waals surface area contributed by atoms with Gasteiger partial charge in [0.15, 0.2) is 0 Å². The molecule has 0 fully saturated rings. The molecule has 0 bridgehead atoms. The van der Waals surface area contributed by atoms with Gasteiger partial charge in [-0.25, -0.2) is 9.78 Å². The van der Waals surface area contributed by atoms with Gasteiger partial charge in [0.1, 0.15) is 0 Å². The van der Waals surface area contributed by atoms with Crippen LogP contribution in [0.1, 0.15) is 22.7 Å². The molecule has 2 aromatic carbocycles. The van der Waals surface area contributed by atoms with E-state index in [9.17, 15) is 4.79 Å². The summed E-state index contributed by atoms with van der Waals surface area (Å²) < 4.78 is 5.11. The Hall–Kier alpha value is -3.34. The largest absolute Gasteiger partial charge is 0.481 e. The Morgan fingerprint density at radius 1 is 1.00 bits per heavy atom. The predicted octanol–water partition coefficient (Wildman–Crippen LogP) is 3.87. The lowest BCUT2D eigenvalue weighted by Crippen LogP contribution is -2.38. The highest BCUT2D eigenvalue weighted by molar-refractivity contribution is 5.74. The molecule has 2 N–H and O–H groups in total. The number of urea groups is 1. The lowest BCUT2D eigenvalue weighted by atomic mass is 9.99. The third-order valence-electron chi connectivity index (χ3n) is 4.25. The number of carbonyl (C=O) groups excluding carboxylic acids is 1. The van der Waals surface area contributed by atoms with Crippen LogP contribution in [0.25, 0.3) is 0 Å². The molecule has 5 heteroatoms. The first-order valence-corrected chi connectivity index (χ1v) is 8.87. The third-order valence-corrected chi connectivity index (χ3v) is 4.25. The number of rotatable bonds is 7. The number of pyridine rings is 1. The predicted molar refractivity (Wildman–Crippen MR) is 105 cm³/mol. The minimum absolute atomic E-state index is 0.111. The second-order valence-electron chi connectivity index (χ2n) is 6.19. The van der Waals surface area contributed by atoms with E-state index in [2.05, 4.69) is 27.8 Å². The van der Waals surface area contributed by atoms with Gasteiger partial charge < -0.3 is 15.4 Å². The fourth-order valence-corrected chi connectivity index (χ4v) is 2.85. The molecule has 0 radical (unpaired) electrons. The van der Waals surface area contributed by atoms with E-state index in [0.29, 0.717) is 12.4 Å². The molecule has 138 valence electrons. The Morgan fingerprint density at radius 3 is 2.41 bits per heavy atom.